The summed E-state index contributed by atoms with van der Waals surface area (Å²) >= 11 is 5.93. The molecule has 0 unspecified atom stereocenters. The van der Waals surface area contributed by atoms with Crippen molar-refractivity contribution < 1.29 is 0 Å². The molecule has 1 aromatic carbocycles. The number of benzene rings is 1. The van der Waals surface area contributed by atoms with Crippen LogP contribution >= 0.6 is 11.6 Å². The Morgan fingerprint density at radius 2 is 2.00 bits per heavy atom. The molecule has 1 nitrogen and oxygen atoms in total. The highest BCUT2D eigenvalue weighted by Gasteiger charge is 2.07. The second kappa shape index (κ2) is 6.07. The zero-order valence-corrected chi connectivity index (χ0v) is 10.3. The van der Waals surface area contributed by atoms with Crippen LogP contribution in [0, 0.1) is 0 Å². The molecule has 1 saturated heterocycles. The highest BCUT2D eigenvalue weighted by molar-refractivity contribution is 6.30. The average molecular weight is 236 g/mol. The fraction of sp³-hybridized carbons (Fsp3) is 0.429. The summed E-state index contributed by atoms with van der Waals surface area (Å²) in [7, 11) is 0. The molecule has 0 N–H and O–H groups in total. The van der Waals surface area contributed by atoms with Crippen molar-refractivity contribution in [2.45, 2.75) is 19.3 Å². The van der Waals surface area contributed by atoms with Crippen LogP contribution in [-0.4, -0.2) is 24.5 Å². The lowest BCUT2D eigenvalue weighted by molar-refractivity contribution is 0.252. The van der Waals surface area contributed by atoms with Crippen LogP contribution in [0.25, 0.3) is 6.08 Å². The highest BCUT2D eigenvalue weighted by Crippen LogP contribution is 2.12. The molecule has 2 rings (SSSR count). The van der Waals surface area contributed by atoms with Crippen LogP contribution in [0.4, 0.5) is 0 Å². The van der Waals surface area contributed by atoms with Crippen molar-refractivity contribution in [2.75, 3.05) is 19.6 Å². The van der Waals surface area contributed by atoms with Crippen molar-refractivity contribution in [3.63, 3.8) is 0 Å². The van der Waals surface area contributed by atoms with Gasteiger partial charge in [-0.3, -0.25) is 4.90 Å². The number of hydrogen-bond donors (Lipinski definition) is 0. The Kier molecular flexibility index (Phi) is 4.44. The van der Waals surface area contributed by atoms with Crippen molar-refractivity contribution in [3.05, 3.63) is 40.9 Å². The summed E-state index contributed by atoms with van der Waals surface area (Å²) in [6.45, 7) is 3.56. The van der Waals surface area contributed by atoms with Gasteiger partial charge in [-0.2, -0.15) is 0 Å². The lowest BCUT2D eigenvalue weighted by atomic mass is 10.1. The molecule has 1 aliphatic rings. The van der Waals surface area contributed by atoms with Crippen LogP contribution in [0.3, 0.4) is 0 Å². The van der Waals surface area contributed by atoms with Crippen LogP contribution in [-0.2, 0) is 0 Å². The van der Waals surface area contributed by atoms with Gasteiger partial charge in [-0.25, -0.2) is 0 Å². The number of rotatable bonds is 3. The van der Waals surface area contributed by atoms with E-state index in [0.717, 1.165) is 11.6 Å². The van der Waals surface area contributed by atoms with Crippen molar-refractivity contribution in [2.24, 2.45) is 0 Å². The summed E-state index contributed by atoms with van der Waals surface area (Å²) in [6, 6.07) is 7.97. The molecule has 0 spiro atoms. The first-order valence-electron chi connectivity index (χ1n) is 5.99. The lowest BCUT2D eigenvalue weighted by Gasteiger charge is -2.24. The third kappa shape index (κ3) is 3.66. The second-order valence-corrected chi connectivity index (χ2v) is 4.76. The molecule has 1 heterocycles. The van der Waals surface area contributed by atoms with E-state index in [1.165, 1.54) is 37.9 Å². The summed E-state index contributed by atoms with van der Waals surface area (Å²) in [5.74, 6) is 0. The van der Waals surface area contributed by atoms with Gasteiger partial charge in [0.25, 0.3) is 0 Å². The van der Waals surface area contributed by atoms with Gasteiger partial charge in [-0.15, -0.1) is 0 Å². The van der Waals surface area contributed by atoms with Gasteiger partial charge in [0.05, 0.1) is 0 Å². The number of hydrogen-bond acceptors (Lipinski definition) is 1. The minimum absolute atomic E-state index is 0.806. The molecule has 1 aliphatic heterocycles. The third-order valence-corrected chi connectivity index (χ3v) is 3.21. The zero-order valence-electron chi connectivity index (χ0n) is 9.53. The van der Waals surface area contributed by atoms with Crippen LogP contribution in [0.1, 0.15) is 24.8 Å². The molecule has 2 heteroatoms. The van der Waals surface area contributed by atoms with Gasteiger partial charge in [0.1, 0.15) is 0 Å². The SMILES string of the molecule is Clc1cccc(C=CCN2CCCCC2)c1. The Labute approximate surface area is 103 Å². The first kappa shape index (κ1) is 11.7. The number of likely N-dealkylation sites (tertiary alicyclic amines) is 1. The molecule has 16 heavy (non-hydrogen) atoms. The maximum Gasteiger partial charge on any atom is 0.0411 e. The van der Waals surface area contributed by atoms with Gasteiger partial charge in [0, 0.05) is 11.6 Å². The predicted octanol–water partition coefficient (Wildman–Crippen LogP) is 3.84. The Hall–Kier alpha value is -0.790. The van der Waals surface area contributed by atoms with Crippen molar-refractivity contribution in [1.82, 2.24) is 4.90 Å². The maximum absolute atomic E-state index is 5.93. The summed E-state index contributed by atoms with van der Waals surface area (Å²) in [5, 5.41) is 0.806. The molecule has 1 fully saturated rings. The van der Waals surface area contributed by atoms with E-state index in [0.29, 0.717) is 0 Å². The summed E-state index contributed by atoms with van der Waals surface area (Å²) in [5.41, 5.74) is 1.18. The Morgan fingerprint density at radius 3 is 2.75 bits per heavy atom. The first-order valence-corrected chi connectivity index (χ1v) is 6.37. The molecule has 0 atom stereocenters. The first-order chi connectivity index (χ1) is 7.84. The number of piperidine rings is 1. The summed E-state index contributed by atoms with van der Waals surface area (Å²) < 4.78 is 0. The van der Waals surface area contributed by atoms with Gasteiger partial charge in [-0.1, -0.05) is 42.3 Å². The molecule has 0 saturated carbocycles. The largest absolute Gasteiger partial charge is 0.300 e. The van der Waals surface area contributed by atoms with E-state index in [-0.39, 0.29) is 0 Å². The molecule has 0 amide bonds. The van der Waals surface area contributed by atoms with E-state index in [4.69, 9.17) is 11.6 Å². The van der Waals surface area contributed by atoms with Crippen LogP contribution in [0.5, 0.6) is 0 Å². The van der Waals surface area contributed by atoms with E-state index in [1.807, 2.05) is 18.2 Å². The lowest BCUT2D eigenvalue weighted by Crippen LogP contribution is -2.29. The topological polar surface area (TPSA) is 3.24 Å². The van der Waals surface area contributed by atoms with Gasteiger partial charge in [0.2, 0.25) is 0 Å². The molecule has 0 aliphatic carbocycles. The van der Waals surface area contributed by atoms with Crippen molar-refractivity contribution in [3.8, 4) is 0 Å². The average Bonchev–Trinajstić information content (AvgIpc) is 2.30. The molecule has 86 valence electrons. The van der Waals surface area contributed by atoms with Gasteiger partial charge in [0.15, 0.2) is 0 Å². The van der Waals surface area contributed by atoms with E-state index >= 15 is 0 Å². The standard InChI is InChI=1S/C14H18ClN/c15-14-8-4-6-13(12-14)7-5-11-16-9-2-1-3-10-16/h4-8,12H,1-3,9-11H2. The molecule has 1 aromatic rings. The molecule has 0 radical (unpaired) electrons. The van der Waals surface area contributed by atoms with Crippen molar-refractivity contribution >= 4 is 17.7 Å². The van der Waals surface area contributed by atoms with Crippen molar-refractivity contribution in [1.29, 1.82) is 0 Å². The molecule has 0 bridgehead atoms. The molecule has 0 aromatic heterocycles. The van der Waals surface area contributed by atoms with Gasteiger partial charge >= 0.3 is 0 Å². The summed E-state index contributed by atoms with van der Waals surface area (Å²) in [6.07, 6.45) is 8.49. The Morgan fingerprint density at radius 1 is 1.19 bits per heavy atom. The van der Waals surface area contributed by atoms with Crippen LogP contribution in [0.15, 0.2) is 30.3 Å². The minimum atomic E-state index is 0.806. The van der Waals surface area contributed by atoms with Gasteiger partial charge < -0.3 is 0 Å². The van der Waals surface area contributed by atoms with E-state index in [9.17, 15) is 0 Å². The monoisotopic (exact) mass is 235 g/mol. The predicted molar refractivity (Wildman–Crippen MR) is 70.8 cm³/mol. The minimum Gasteiger partial charge on any atom is -0.300 e. The Bertz CT molecular complexity index is 354. The van der Waals surface area contributed by atoms with Gasteiger partial charge in [-0.05, 0) is 43.6 Å². The van der Waals surface area contributed by atoms with E-state index in [2.05, 4.69) is 23.1 Å². The molecular formula is C14H18ClN. The third-order valence-electron chi connectivity index (χ3n) is 2.97. The number of nitrogens with zero attached hydrogens (tertiary/aromatic N) is 1. The quantitative estimate of drug-likeness (QED) is 0.770. The Balaban J connectivity index is 1.84. The maximum atomic E-state index is 5.93. The fourth-order valence-electron chi connectivity index (χ4n) is 2.09. The van der Waals surface area contributed by atoms with E-state index in [1.54, 1.807) is 0 Å². The highest BCUT2D eigenvalue weighted by atomic mass is 35.5. The van der Waals surface area contributed by atoms with Crippen LogP contribution in [0.2, 0.25) is 5.02 Å². The zero-order chi connectivity index (χ0) is 11.2. The number of halogens is 1. The smallest absolute Gasteiger partial charge is 0.0411 e. The molecular weight excluding hydrogens is 218 g/mol. The fourth-order valence-corrected chi connectivity index (χ4v) is 2.29. The normalized spacial score (nSPS) is 18.1. The second-order valence-electron chi connectivity index (χ2n) is 4.32. The van der Waals surface area contributed by atoms with E-state index < -0.39 is 0 Å². The summed E-state index contributed by atoms with van der Waals surface area (Å²) in [4.78, 5) is 2.50. The van der Waals surface area contributed by atoms with Crippen LogP contribution < -0.4 is 0 Å².